The van der Waals surface area contributed by atoms with E-state index >= 15 is 0 Å². The van der Waals surface area contributed by atoms with Gasteiger partial charge < -0.3 is 4.48 Å². The third-order valence-corrected chi connectivity index (χ3v) is 4.48. The molecule has 0 aromatic heterocycles. The molecule has 0 atom stereocenters. The maximum absolute atomic E-state index is 11.0. The van der Waals surface area contributed by atoms with Crippen LogP contribution in [-0.2, 0) is 10.1 Å². The average Bonchev–Trinajstić information content (AvgIpc) is 2.36. The molecule has 0 amide bonds. The first kappa shape index (κ1) is 18.9. The molecule has 116 valence electrons. The lowest BCUT2D eigenvalue weighted by Crippen LogP contribution is -2.52. The molecule has 5 heteroatoms. The summed E-state index contributed by atoms with van der Waals surface area (Å²) in [7, 11) is -3.85. The van der Waals surface area contributed by atoms with Gasteiger partial charge in [-0.3, -0.25) is 4.55 Å². The molecule has 0 aliphatic carbocycles. The van der Waals surface area contributed by atoms with Crippen LogP contribution in [0.3, 0.4) is 0 Å². The molecule has 0 rings (SSSR count). The number of quaternary nitrogens is 1. The molecule has 0 saturated heterocycles. The van der Waals surface area contributed by atoms with E-state index in [0.717, 1.165) is 62.6 Å². The second-order valence-corrected chi connectivity index (χ2v) is 7.15. The molecular formula is C14H32NO3S+. The van der Waals surface area contributed by atoms with Gasteiger partial charge in [0, 0.05) is 0 Å². The summed E-state index contributed by atoms with van der Waals surface area (Å²) in [5.74, 6) is -0.107. The number of unbranched alkanes of at least 4 members (excludes halogenated alkanes) is 3. The third kappa shape index (κ3) is 9.41. The van der Waals surface area contributed by atoms with Gasteiger partial charge in [-0.1, -0.05) is 40.0 Å². The molecule has 19 heavy (non-hydrogen) atoms. The lowest BCUT2D eigenvalue weighted by atomic mass is 10.1. The van der Waals surface area contributed by atoms with Crippen molar-refractivity contribution in [3.63, 3.8) is 0 Å². The Morgan fingerprint density at radius 3 is 1.42 bits per heavy atom. The molecule has 0 aliphatic rings. The van der Waals surface area contributed by atoms with Gasteiger partial charge in [-0.05, 0) is 19.3 Å². The highest BCUT2D eigenvalue weighted by Gasteiger charge is 2.27. The molecule has 0 unspecified atom stereocenters. The van der Waals surface area contributed by atoms with Crippen molar-refractivity contribution in [3.8, 4) is 0 Å². The zero-order chi connectivity index (χ0) is 14.8. The van der Waals surface area contributed by atoms with Crippen LogP contribution in [-0.4, -0.2) is 49.4 Å². The molecule has 0 fully saturated rings. The predicted octanol–water partition coefficient (Wildman–Crippen LogP) is 3.09. The van der Waals surface area contributed by atoms with Crippen LogP contribution in [0.15, 0.2) is 0 Å². The largest absolute Gasteiger partial charge is 0.323 e. The van der Waals surface area contributed by atoms with Crippen molar-refractivity contribution < 1.29 is 17.5 Å². The Bertz CT molecular complexity index is 293. The Morgan fingerprint density at radius 1 is 0.789 bits per heavy atom. The summed E-state index contributed by atoms with van der Waals surface area (Å²) in [6.07, 6.45) is 6.76. The van der Waals surface area contributed by atoms with E-state index in [0.29, 0.717) is 6.54 Å². The van der Waals surface area contributed by atoms with Crippen LogP contribution in [0.2, 0.25) is 0 Å². The van der Waals surface area contributed by atoms with Crippen LogP contribution in [0.25, 0.3) is 0 Å². The zero-order valence-corrected chi connectivity index (χ0v) is 13.7. The minimum atomic E-state index is -3.85. The van der Waals surface area contributed by atoms with Gasteiger partial charge in [-0.15, -0.1) is 0 Å². The van der Waals surface area contributed by atoms with Crippen molar-refractivity contribution in [1.29, 1.82) is 0 Å². The fraction of sp³-hybridized carbons (Fsp3) is 1.00. The van der Waals surface area contributed by atoms with Gasteiger partial charge in [-0.25, -0.2) is 0 Å². The molecule has 0 spiro atoms. The summed E-state index contributed by atoms with van der Waals surface area (Å²) in [4.78, 5) is 0. The minimum Gasteiger partial charge on any atom is -0.323 e. The van der Waals surface area contributed by atoms with Crippen molar-refractivity contribution in [2.45, 2.75) is 59.3 Å². The lowest BCUT2D eigenvalue weighted by molar-refractivity contribution is -0.926. The van der Waals surface area contributed by atoms with Crippen LogP contribution >= 0.6 is 0 Å². The topological polar surface area (TPSA) is 54.4 Å². The van der Waals surface area contributed by atoms with Crippen LogP contribution in [0, 0.1) is 0 Å². The molecule has 0 heterocycles. The highest BCUT2D eigenvalue weighted by atomic mass is 32.2. The van der Waals surface area contributed by atoms with Gasteiger partial charge in [0.05, 0.1) is 26.2 Å². The van der Waals surface area contributed by atoms with E-state index in [9.17, 15) is 8.42 Å². The third-order valence-electron chi connectivity index (χ3n) is 3.78. The summed E-state index contributed by atoms with van der Waals surface area (Å²) in [5.41, 5.74) is 0. The second-order valence-electron chi connectivity index (χ2n) is 5.58. The van der Waals surface area contributed by atoms with E-state index in [-0.39, 0.29) is 5.75 Å². The molecule has 4 nitrogen and oxygen atoms in total. The number of hydrogen-bond acceptors (Lipinski definition) is 2. The molecule has 0 saturated carbocycles. The van der Waals surface area contributed by atoms with Gasteiger partial charge in [0.1, 0.15) is 5.75 Å². The molecule has 0 radical (unpaired) electrons. The van der Waals surface area contributed by atoms with Crippen molar-refractivity contribution in [2.24, 2.45) is 0 Å². The Labute approximate surface area is 119 Å². The summed E-state index contributed by atoms with van der Waals surface area (Å²) >= 11 is 0. The summed E-state index contributed by atoms with van der Waals surface area (Å²) in [6, 6.07) is 0. The van der Waals surface area contributed by atoms with E-state index in [1.807, 2.05) is 0 Å². The molecule has 1 N–H and O–H groups in total. The Hall–Kier alpha value is -0.130. The highest BCUT2D eigenvalue weighted by molar-refractivity contribution is 7.85. The molecule has 0 aromatic carbocycles. The second kappa shape index (κ2) is 9.72. The van der Waals surface area contributed by atoms with Crippen molar-refractivity contribution in [2.75, 3.05) is 31.9 Å². The van der Waals surface area contributed by atoms with Gasteiger partial charge in [0.15, 0.2) is 0 Å². The van der Waals surface area contributed by atoms with Gasteiger partial charge in [0.25, 0.3) is 10.1 Å². The Kier molecular flexibility index (Phi) is 9.66. The van der Waals surface area contributed by atoms with Crippen LogP contribution < -0.4 is 0 Å². The SMILES string of the molecule is CCCC[N+](CCCC)(CCCC)CCS(=O)(=O)O. The molecule has 0 aromatic rings. The van der Waals surface area contributed by atoms with E-state index < -0.39 is 10.1 Å². The van der Waals surface area contributed by atoms with Gasteiger partial charge in [0.2, 0.25) is 0 Å². The van der Waals surface area contributed by atoms with Crippen LogP contribution in [0.1, 0.15) is 59.3 Å². The fourth-order valence-electron chi connectivity index (χ4n) is 2.46. The van der Waals surface area contributed by atoms with Crippen LogP contribution in [0.4, 0.5) is 0 Å². The number of rotatable bonds is 12. The first-order valence-corrected chi connectivity index (χ1v) is 9.30. The summed E-state index contributed by atoms with van der Waals surface area (Å²) in [6.45, 7) is 10.1. The standard InChI is InChI=1S/C14H31NO3S/c1-4-7-10-15(11-8-5-2,12-9-6-3)13-14-19(16,17)18/h4-14H2,1-3H3/p+1. The number of hydrogen-bond donors (Lipinski definition) is 1. The fourth-order valence-corrected chi connectivity index (χ4v) is 3.08. The summed E-state index contributed by atoms with van der Waals surface area (Å²) < 4.78 is 32.0. The Morgan fingerprint density at radius 2 is 1.16 bits per heavy atom. The lowest BCUT2D eigenvalue weighted by Gasteiger charge is -2.39. The van der Waals surface area contributed by atoms with Crippen LogP contribution in [0.5, 0.6) is 0 Å². The molecule has 0 bridgehead atoms. The Balaban J connectivity index is 4.75. The van der Waals surface area contributed by atoms with Gasteiger partial charge in [-0.2, -0.15) is 8.42 Å². The van der Waals surface area contributed by atoms with E-state index in [1.54, 1.807) is 0 Å². The zero-order valence-electron chi connectivity index (χ0n) is 12.9. The first-order valence-electron chi connectivity index (χ1n) is 7.69. The minimum absolute atomic E-state index is 0.107. The molecular weight excluding hydrogens is 262 g/mol. The summed E-state index contributed by atoms with van der Waals surface area (Å²) in [5, 5.41) is 0. The predicted molar refractivity (Wildman–Crippen MR) is 80.9 cm³/mol. The normalized spacial score (nSPS) is 12.8. The van der Waals surface area contributed by atoms with Gasteiger partial charge >= 0.3 is 0 Å². The van der Waals surface area contributed by atoms with Crippen molar-refractivity contribution in [3.05, 3.63) is 0 Å². The smallest absolute Gasteiger partial charge is 0.270 e. The number of nitrogens with zero attached hydrogens (tertiary/aromatic N) is 1. The van der Waals surface area contributed by atoms with E-state index in [1.165, 1.54) is 0 Å². The van der Waals surface area contributed by atoms with Crippen molar-refractivity contribution >= 4 is 10.1 Å². The maximum Gasteiger partial charge on any atom is 0.270 e. The highest BCUT2D eigenvalue weighted by Crippen LogP contribution is 2.15. The van der Waals surface area contributed by atoms with E-state index in [2.05, 4.69) is 20.8 Å². The average molecular weight is 294 g/mol. The quantitative estimate of drug-likeness (QED) is 0.444. The molecule has 0 aliphatic heterocycles. The first-order chi connectivity index (χ1) is 8.89. The van der Waals surface area contributed by atoms with E-state index in [4.69, 9.17) is 4.55 Å². The van der Waals surface area contributed by atoms with Crippen molar-refractivity contribution in [1.82, 2.24) is 0 Å². The monoisotopic (exact) mass is 294 g/mol. The maximum atomic E-state index is 11.0.